The lowest BCUT2D eigenvalue weighted by atomic mass is 10.2. The van der Waals surface area contributed by atoms with Crippen LogP contribution in [0.4, 0.5) is 11.5 Å². The van der Waals surface area contributed by atoms with E-state index in [1.807, 2.05) is 18.2 Å². The third-order valence-electron chi connectivity index (χ3n) is 4.05. The summed E-state index contributed by atoms with van der Waals surface area (Å²) in [5.41, 5.74) is 1.32. The Labute approximate surface area is 140 Å². The molecule has 0 spiro atoms. The van der Waals surface area contributed by atoms with Gasteiger partial charge in [0.2, 0.25) is 0 Å². The molecule has 0 unspecified atom stereocenters. The fraction of sp³-hybridized carbons (Fsp3) is 0.353. The summed E-state index contributed by atoms with van der Waals surface area (Å²) in [6.07, 6.45) is 3.09. The molecule has 0 radical (unpaired) electrons. The second kappa shape index (κ2) is 7.16. The number of anilines is 2. The van der Waals surface area contributed by atoms with Gasteiger partial charge in [0.15, 0.2) is 5.69 Å². The number of rotatable bonds is 4. The summed E-state index contributed by atoms with van der Waals surface area (Å²) in [6, 6.07) is 8.00. The van der Waals surface area contributed by atoms with Crippen LogP contribution in [0.25, 0.3) is 0 Å². The molecule has 0 aliphatic carbocycles. The Bertz CT molecular complexity index is 714. The minimum Gasteiger partial charge on any atom is -0.495 e. The molecule has 1 aromatic heterocycles. The number of methoxy groups -OCH3 is 2. The van der Waals surface area contributed by atoms with Crippen LogP contribution in [0.1, 0.15) is 10.5 Å². The van der Waals surface area contributed by atoms with Crippen LogP contribution in [0.15, 0.2) is 36.7 Å². The topological polar surface area (TPSA) is 67.8 Å². The average Bonchev–Trinajstić information content (AvgIpc) is 2.67. The van der Waals surface area contributed by atoms with Crippen molar-refractivity contribution < 1.29 is 14.3 Å². The maximum absolute atomic E-state index is 11.6. The number of hydrogen-bond donors (Lipinski definition) is 0. The predicted molar refractivity (Wildman–Crippen MR) is 90.8 cm³/mol. The Kier molecular flexibility index (Phi) is 4.79. The summed E-state index contributed by atoms with van der Waals surface area (Å²) in [5.74, 6) is 1.09. The molecule has 0 saturated carbocycles. The van der Waals surface area contributed by atoms with Gasteiger partial charge in [-0.05, 0) is 12.1 Å². The smallest absolute Gasteiger partial charge is 0.358 e. The quantitative estimate of drug-likeness (QED) is 0.790. The van der Waals surface area contributed by atoms with Gasteiger partial charge in [-0.15, -0.1) is 0 Å². The summed E-state index contributed by atoms with van der Waals surface area (Å²) in [5, 5.41) is 0. The van der Waals surface area contributed by atoms with E-state index in [0.29, 0.717) is 5.82 Å². The standard InChI is InChI=1S/C17H20N4O3/c1-23-15-6-4-3-5-14(15)20-7-9-21(10-8-20)16-12-18-11-13(19-16)17(22)24-2/h3-6,11-12H,7-10H2,1-2H3. The van der Waals surface area contributed by atoms with Gasteiger partial charge in [0.1, 0.15) is 11.6 Å². The van der Waals surface area contributed by atoms with E-state index >= 15 is 0 Å². The third-order valence-corrected chi connectivity index (χ3v) is 4.05. The van der Waals surface area contributed by atoms with Crippen LogP contribution in [0.5, 0.6) is 5.75 Å². The molecule has 1 fully saturated rings. The average molecular weight is 328 g/mol. The van der Waals surface area contributed by atoms with Crippen molar-refractivity contribution in [3.05, 3.63) is 42.4 Å². The first kappa shape index (κ1) is 16.0. The molecule has 1 aliphatic heterocycles. The van der Waals surface area contributed by atoms with Crippen molar-refractivity contribution >= 4 is 17.5 Å². The van der Waals surface area contributed by atoms with E-state index in [1.54, 1.807) is 13.3 Å². The Morgan fingerprint density at radius 3 is 2.46 bits per heavy atom. The van der Waals surface area contributed by atoms with Crippen molar-refractivity contribution in [2.24, 2.45) is 0 Å². The third kappa shape index (κ3) is 3.24. The van der Waals surface area contributed by atoms with Crippen LogP contribution in [0.3, 0.4) is 0 Å². The lowest BCUT2D eigenvalue weighted by Crippen LogP contribution is -2.47. The number of esters is 1. The van der Waals surface area contributed by atoms with Crippen molar-refractivity contribution in [1.29, 1.82) is 0 Å². The first-order chi connectivity index (χ1) is 11.7. The maximum Gasteiger partial charge on any atom is 0.358 e. The number of benzene rings is 1. The Morgan fingerprint density at radius 1 is 1.04 bits per heavy atom. The van der Waals surface area contributed by atoms with E-state index in [2.05, 4.69) is 25.8 Å². The molecule has 2 aromatic rings. The van der Waals surface area contributed by atoms with Gasteiger partial charge in [-0.25, -0.2) is 9.78 Å². The Balaban J connectivity index is 1.70. The van der Waals surface area contributed by atoms with Crippen LogP contribution < -0.4 is 14.5 Å². The number of para-hydroxylation sites is 2. The van der Waals surface area contributed by atoms with Crippen molar-refractivity contribution in [3.8, 4) is 5.75 Å². The lowest BCUT2D eigenvalue weighted by Gasteiger charge is -2.37. The van der Waals surface area contributed by atoms with E-state index < -0.39 is 5.97 Å². The molecule has 1 aliphatic rings. The first-order valence-electron chi connectivity index (χ1n) is 7.76. The maximum atomic E-state index is 11.6. The molecule has 2 heterocycles. The highest BCUT2D eigenvalue weighted by Crippen LogP contribution is 2.28. The van der Waals surface area contributed by atoms with E-state index in [0.717, 1.165) is 37.6 Å². The highest BCUT2D eigenvalue weighted by atomic mass is 16.5. The van der Waals surface area contributed by atoms with E-state index in [4.69, 9.17) is 9.47 Å². The van der Waals surface area contributed by atoms with Gasteiger partial charge in [0.25, 0.3) is 0 Å². The van der Waals surface area contributed by atoms with Crippen LogP contribution in [-0.2, 0) is 4.74 Å². The van der Waals surface area contributed by atoms with Gasteiger partial charge < -0.3 is 19.3 Å². The summed E-state index contributed by atoms with van der Waals surface area (Å²) in [7, 11) is 3.02. The molecule has 0 N–H and O–H groups in total. The number of ether oxygens (including phenoxy) is 2. The minimum atomic E-state index is -0.475. The summed E-state index contributed by atoms with van der Waals surface area (Å²) in [6.45, 7) is 3.25. The zero-order valence-electron chi connectivity index (χ0n) is 13.8. The van der Waals surface area contributed by atoms with Crippen molar-refractivity contribution in [1.82, 2.24) is 9.97 Å². The van der Waals surface area contributed by atoms with Gasteiger partial charge >= 0.3 is 5.97 Å². The fourth-order valence-corrected chi connectivity index (χ4v) is 2.78. The molecular weight excluding hydrogens is 308 g/mol. The zero-order chi connectivity index (χ0) is 16.9. The molecule has 24 heavy (non-hydrogen) atoms. The van der Waals surface area contributed by atoms with Crippen LogP contribution >= 0.6 is 0 Å². The molecule has 1 saturated heterocycles. The number of aromatic nitrogens is 2. The first-order valence-corrected chi connectivity index (χ1v) is 7.76. The molecule has 7 nitrogen and oxygen atoms in total. The van der Waals surface area contributed by atoms with E-state index in [1.165, 1.54) is 13.3 Å². The van der Waals surface area contributed by atoms with Gasteiger partial charge in [0.05, 0.1) is 32.3 Å². The van der Waals surface area contributed by atoms with Gasteiger partial charge in [-0.3, -0.25) is 4.98 Å². The molecule has 1 aromatic carbocycles. The SMILES string of the molecule is COC(=O)c1cncc(N2CCN(c3ccccc3OC)CC2)n1. The van der Waals surface area contributed by atoms with Crippen molar-refractivity contribution in [3.63, 3.8) is 0 Å². The second-order valence-electron chi connectivity index (χ2n) is 5.40. The highest BCUT2D eigenvalue weighted by molar-refractivity contribution is 5.87. The largest absolute Gasteiger partial charge is 0.495 e. The number of carbonyl (C=O) groups is 1. The Hall–Kier alpha value is -2.83. The minimum absolute atomic E-state index is 0.224. The highest BCUT2D eigenvalue weighted by Gasteiger charge is 2.21. The molecule has 7 heteroatoms. The summed E-state index contributed by atoms with van der Waals surface area (Å²) >= 11 is 0. The van der Waals surface area contributed by atoms with Gasteiger partial charge in [-0.2, -0.15) is 0 Å². The summed E-state index contributed by atoms with van der Waals surface area (Å²) < 4.78 is 10.1. The molecule has 3 rings (SSSR count). The molecule has 0 atom stereocenters. The Morgan fingerprint density at radius 2 is 1.75 bits per heavy atom. The monoisotopic (exact) mass is 328 g/mol. The lowest BCUT2D eigenvalue weighted by molar-refractivity contribution is 0.0593. The zero-order valence-corrected chi connectivity index (χ0v) is 13.8. The van der Waals surface area contributed by atoms with Crippen molar-refractivity contribution in [2.75, 3.05) is 50.2 Å². The number of piperazine rings is 1. The van der Waals surface area contributed by atoms with Gasteiger partial charge in [-0.1, -0.05) is 12.1 Å². The van der Waals surface area contributed by atoms with Crippen LogP contribution in [0, 0.1) is 0 Å². The molecule has 126 valence electrons. The van der Waals surface area contributed by atoms with E-state index in [-0.39, 0.29) is 5.69 Å². The number of hydrogen-bond acceptors (Lipinski definition) is 7. The molecule has 0 amide bonds. The van der Waals surface area contributed by atoms with Crippen LogP contribution in [-0.4, -0.2) is 56.3 Å². The van der Waals surface area contributed by atoms with Gasteiger partial charge in [0, 0.05) is 26.2 Å². The fourth-order valence-electron chi connectivity index (χ4n) is 2.78. The van der Waals surface area contributed by atoms with Crippen LogP contribution in [0.2, 0.25) is 0 Å². The predicted octanol–water partition coefficient (Wildman–Crippen LogP) is 1.60. The normalized spacial score (nSPS) is 14.4. The number of nitrogens with zero attached hydrogens (tertiary/aromatic N) is 4. The number of carbonyl (C=O) groups excluding carboxylic acids is 1. The second-order valence-corrected chi connectivity index (χ2v) is 5.40. The summed E-state index contributed by atoms with van der Waals surface area (Å²) in [4.78, 5) is 24.4. The van der Waals surface area contributed by atoms with Crippen molar-refractivity contribution in [2.45, 2.75) is 0 Å². The van der Waals surface area contributed by atoms with E-state index in [9.17, 15) is 4.79 Å². The molecule has 0 bridgehead atoms. The molecular formula is C17H20N4O3.